The summed E-state index contributed by atoms with van der Waals surface area (Å²) >= 11 is 2.77. The summed E-state index contributed by atoms with van der Waals surface area (Å²) < 4.78 is -0.641. The van der Waals surface area contributed by atoms with Crippen LogP contribution in [0.1, 0.15) is 13.8 Å². The first kappa shape index (κ1) is 21.3. The van der Waals surface area contributed by atoms with Gasteiger partial charge in [0, 0.05) is 9.64 Å². The van der Waals surface area contributed by atoms with Crippen LogP contribution >= 0.6 is 23.5 Å². The maximum atomic E-state index is 12.3. The molecular formula is C16H17KN2O4S2. The van der Waals surface area contributed by atoms with E-state index in [9.17, 15) is 19.5 Å². The smallest absolute Gasteiger partial charge is 0.548 e. The molecule has 2 aliphatic rings. The number of aliphatic carboxylic acids is 1. The van der Waals surface area contributed by atoms with Gasteiger partial charge in [-0.05, 0) is 26.0 Å². The van der Waals surface area contributed by atoms with Crippen LogP contribution in [0.4, 0.5) is 0 Å². The Balaban J connectivity index is 0.00000225. The fourth-order valence-corrected chi connectivity index (χ4v) is 5.36. The van der Waals surface area contributed by atoms with Gasteiger partial charge in [0.05, 0.1) is 17.8 Å². The zero-order valence-corrected chi connectivity index (χ0v) is 19.0. The quantitative estimate of drug-likeness (QED) is 0.321. The first-order valence-corrected chi connectivity index (χ1v) is 9.36. The Morgan fingerprint density at radius 3 is 2.56 bits per heavy atom. The molecule has 1 aromatic rings. The van der Waals surface area contributed by atoms with Crippen molar-refractivity contribution in [2.75, 3.05) is 5.75 Å². The molecule has 2 aliphatic heterocycles. The topological polar surface area (TPSA) is 89.5 Å². The van der Waals surface area contributed by atoms with Crippen molar-refractivity contribution in [3.05, 3.63) is 30.3 Å². The molecule has 0 aromatic heterocycles. The third-order valence-corrected chi connectivity index (χ3v) is 6.68. The van der Waals surface area contributed by atoms with E-state index in [1.54, 1.807) is 13.8 Å². The molecule has 9 heteroatoms. The number of benzene rings is 1. The number of nitrogens with one attached hydrogen (secondary N) is 1. The number of nitrogens with zero attached hydrogens (tertiary/aromatic N) is 1. The number of fused-ring (bicyclic) bond motifs is 1. The molecule has 3 rings (SSSR count). The molecule has 3 unspecified atom stereocenters. The van der Waals surface area contributed by atoms with E-state index < -0.39 is 22.8 Å². The molecule has 2 amide bonds. The fourth-order valence-electron chi connectivity index (χ4n) is 3.01. The average molecular weight is 405 g/mol. The van der Waals surface area contributed by atoms with Crippen molar-refractivity contribution in [1.29, 1.82) is 0 Å². The van der Waals surface area contributed by atoms with Gasteiger partial charge in [0.25, 0.3) is 0 Å². The van der Waals surface area contributed by atoms with Gasteiger partial charge in [-0.15, -0.1) is 23.5 Å². The number of carboxylic acid groups (broad SMARTS) is 1. The number of carboxylic acids is 1. The maximum absolute atomic E-state index is 12.3. The second-order valence-electron chi connectivity index (χ2n) is 6.23. The number of hydrogen-bond donors (Lipinski definition) is 1. The maximum Gasteiger partial charge on any atom is 1.00 e. The van der Waals surface area contributed by atoms with Crippen LogP contribution in [0.15, 0.2) is 35.2 Å². The molecule has 3 atom stereocenters. The Hall–Kier alpha value is -0.0336. The third-order valence-electron chi connectivity index (χ3n) is 4.09. The largest absolute Gasteiger partial charge is 1.00 e. The summed E-state index contributed by atoms with van der Waals surface area (Å²) in [5, 5.41) is 13.7. The van der Waals surface area contributed by atoms with Crippen LogP contribution in [0.5, 0.6) is 0 Å². The normalized spacial score (nSPS) is 26.2. The molecule has 2 heterocycles. The zero-order valence-electron chi connectivity index (χ0n) is 14.2. The monoisotopic (exact) mass is 404 g/mol. The van der Waals surface area contributed by atoms with Crippen LogP contribution < -0.4 is 61.8 Å². The molecule has 2 fully saturated rings. The van der Waals surface area contributed by atoms with E-state index in [2.05, 4.69) is 5.32 Å². The number of β-lactam (4-membered cyclic amide) rings is 1. The van der Waals surface area contributed by atoms with Gasteiger partial charge >= 0.3 is 51.4 Å². The Morgan fingerprint density at radius 2 is 1.96 bits per heavy atom. The molecule has 0 bridgehead atoms. The molecule has 0 saturated carbocycles. The zero-order chi connectivity index (χ0) is 17.5. The van der Waals surface area contributed by atoms with Crippen molar-refractivity contribution < 1.29 is 70.9 Å². The summed E-state index contributed by atoms with van der Waals surface area (Å²) in [5.41, 5.74) is 0. The van der Waals surface area contributed by atoms with Gasteiger partial charge in [-0.2, -0.15) is 0 Å². The molecule has 2 saturated heterocycles. The van der Waals surface area contributed by atoms with E-state index in [-0.39, 0.29) is 74.3 Å². The number of thioether (sulfide) groups is 2. The van der Waals surface area contributed by atoms with E-state index in [1.807, 2.05) is 30.3 Å². The molecule has 0 aliphatic carbocycles. The Kier molecular flexibility index (Phi) is 7.08. The molecule has 1 aromatic carbocycles. The summed E-state index contributed by atoms with van der Waals surface area (Å²) in [4.78, 5) is 38.0. The van der Waals surface area contributed by atoms with E-state index in [0.717, 1.165) is 4.90 Å². The van der Waals surface area contributed by atoms with E-state index in [4.69, 9.17) is 0 Å². The number of carbonyl (C=O) groups excluding carboxylic acids is 3. The molecule has 6 nitrogen and oxygen atoms in total. The summed E-state index contributed by atoms with van der Waals surface area (Å²) in [5.74, 6) is -1.64. The minimum absolute atomic E-state index is 0. The van der Waals surface area contributed by atoms with E-state index >= 15 is 0 Å². The first-order chi connectivity index (χ1) is 11.3. The van der Waals surface area contributed by atoms with Crippen LogP contribution in [-0.4, -0.2) is 50.6 Å². The molecule has 0 radical (unpaired) electrons. The minimum atomic E-state index is -1.26. The second kappa shape index (κ2) is 8.33. The Labute approximate surface area is 197 Å². The molecule has 1 N–H and O–H groups in total. The summed E-state index contributed by atoms with van der Waals surface area (Å²) in [6.07, 6.45) is 0. The summed E-state index contributed by atoms with van der Waals surface area (Å²) in [6, 6.07) is 7.88. The van der Waals surface area contributed by atoms with Gasteiger partial charge in [-0.25, -0.2) is 0 Å². The average Bonchev–Trinajstić information content (AvgIpc) is 2.80. The van der Waals surface area contributed by atoms with Crippen molar-refractivity contribution in [3.63, 3.8) is 0 Å². The molecule has 128 valence electrons. The summed E-state index contributed by atoms with van der Waals surface area (Å²) in [6.45, 7) is 3.54. The van der Waals surface area contributed by atoms with E-state index in [0.29, 0.717) is 0 Å². The number of rotatable bonds is 5. The van der Waals surface area contributed by atoms with Crippen molar-refractivity contribution in [2.45, 2.75) is 40.9 Å². The van der Waals surface area contributed by atoms with E-state index in [1.165, 1.54) is 28.4 Å². The van der Waals surface area contributed by atoms with Crippen molar-refractivity contribution in [3.8, 4) is 0 Å². The number of carbonyl (C=O) groups is 3. The Bertz CT molecular complexity index is 686. The van der Waals surface area contributed by atoms with Gasteiger partial charge in [0.15, 0.2) is 0 Å². The fraction of sp³-hybridized carbons (Fsp3) is 0.438. The minimum Gasteiger partial charge on any atom is -0.548 e. The van der Waals surface area contributed by atoms with Crippen LogP contribution in [0.2, 0.25) is 0 Å². The van der Waals surface area contributed by atoms with Gasteiger partial charge < -0.3 is 20.1 Å². The number of amides is 2. The number of hydrogen-bond acceptors (Lipinski definition) is 6. The van der Waals surface area contributed by atoms with Gasteiger partial charge in [-0.1, -0.05) is 18.2 Å². The molecule has 0 spiro atoms. The predicted octanol–water partition coefficient (Wildman–Crippen LogP) is -2.92. The predicted molar refractivity (Wildman–Crippen MR) is 90.2 cm³/mol. The SMILES string of the molecule is CC1(C)SC2C(NC(=O)CSc3ccccc3)C(=O)N2C1C(=O)[O-].[K+]. The first-order valence-electron chi connectivity index (χ1n) is 7.49. The Morgan fingerprint density at radius 1 is 1.32 bits per heavy atom. The molecular weight excluding hydrogens is 387 g/mol. The molecule has 25 heavy (non-hydrogen) atoms. The van der Waals surface area contributed by atoms with Gasteiger partial charge in [0.1, 0.15) is 11.4 Å². The van der Waals surface area contributed by atoms with Crippen molar-refractivity contribution in [1.82, 2.24) is 10.2 Å². The second-order valence-corrected chi connectivity index (χ2v) is 9.05. The van der Waals surface area contributed by atoms with Crippen LogP contribution in [-0.2, 0) is 14.4 Å². The van der Waals surface area contributed by atoms with Crippen molar-refractivity contribution in [2.24, 2.45) is 0 Å². The van der Waals surface area contributed by atoms with Crippen LogP contribution in [0.25, 0.3) is 0 Å². The third kappa shape index (κ3) is 4.28. The standard InChI is InChI=1S/C16H18N2O4S2.K/c1-16(2)12(15(21)22)18-13(20)11(14(18)24-16)17-10(19)8-23-9-6-4-3-5-7-9;/h3-7,11-12,14H,8H2,1-2H3,(H,17,19)(H,21,22);/q;+1/p-1. The van der Waals surface area contributed by atoms with Crippen LogP contribution in [0, 0.1) is 0 Å². The summed E-state index contributed by atoms with van der Waals surface area (Å²) in [7, 11) is 0. The van der Waals surface area contributed by atoms with Crippen molar-refractivity contribution >= 4 is 41.3 Å². The van der Waals surface area contributed by atoms with Crippen LogP contribution in [0.3, 0.4) is 0 Å². The van der Waals surface area contributed by atoms with Gasteiger partial charge in [-0.3, -0.25) is 9.59 Å². The van der Waals surface area contributed by atoms with Gasteiger partial charge in [0.2, 0.25) is 11.8 Å².